The number of rotatable bonds is 4. The summed E-state index contributed by atoms with van der Waals surface area (Å²) in [5, 5.41) is 4.33. The number of aryl methyl sites for hydroxylation is 1. The third-order valence-electron chi connectivity index (χ3n) is 4.83. The fourth-order valence-corrected chi connectivity index (χ4v) is 3.86. The zero-order valence-corrected chi connectivity index (χ0v) is 17.6. The number of nitrogens with one attached hydrogen (secondary N) is 1. The fraction of sp³-hybridized carbons (Fsp3) is 0.286. The minimum Gasteiger partial charge on any atom is -0.354 e. The second-order valence-corrected chi connectivity index (χ2v) is 7.61. The molecule has 28 heavy (non-hydrogen) atoms. The normalized spacial score (nSPS) is 13.4. The van der Waals surface area contributed by atoms with E-state index in [1.54, 1.807) is 18.0 Å². The largest absolute Gasteiger partial charge is 0.354 e. The number of nitrogens with zero attached hydrogens (tertiary/aromatic N) is 3. The number of hydrogen-bond acceptors (Lipinski definition) is 5. The second kappa shape index (κ2) is 8.80. The molecule has 1 fully saturated rings. The number of anilines is 2. The van der Waals surface area contributed by atoms with E-state index in [1.165, 1.54) is 4.90 Å². The van der Waals surface area contributed by atoms with Crippen LogP contribution in [0, 0.1) is 6.92 Å². The number of benzene rings is 1. The SMILES string of the molecule is CSc1cccc(Nc2c(C(=O)N3CCCC3)cnc3nc(C)ccc23)c1.Cl. The van der Waals surface area contributed by atoms with Crippen molar-refractivity contribution in [2.24, 2.45) is 0 Å². The van der Waals surface area contributed by atoms with E-state index in [1.807, 2.05) is 36.1 Å². The summed E-state index contributed by atoms with van der Waals surface area (Å²) < 4.78 is 0. The van der Waals surface area contributed by atoms with Gasteiger partial charge in [-0.1, -0.05) is 6.07 Å². The third kappa shape index (κ3) is 4.08. The summed E-state index contributed by atoms with van der Waals surface area (Å²) in [7, 11) is 0. The molecule has 0 unspecified atom stereocenters. The van der Waals surface area contributed by atoms with Crippen LogP contribution in [0.25, 0.3) is 11.0 Å². The van der Waals surface area contributed by atoms with Crippen molar-refractivity contribution in [1.29, 1.82) is 0 Å². The lowest BCUT2D eigenvalue weighted by Crippen LogP contribution is -2.28. The monoisotopic (exact) mass is 414 g/mol. The number of aromatic nitrogens is 2. The van der Waals surface area contributed by atoms with Gasteiger partial charge in [0.25, 0.3) is 5.91 Å². The molecule has 146 valence electrons. The lowest BCUT2D eigenvalue weighted by molar-refractivity contribution is 0.0793. The van der Waals surface area contributed by atoms with Gasteiger partial charge in [0, 0.05) is 40.9 Å². The van der Waals surface area contributed by atoms with Gasteiger partial charge in [0.1, 0.15) is 0 Å². The molecule has 1 aliphatic heterocycles. The van der Waals surface area contributed by atoms with Gasteiger partial charge in [-0.2, -0.15) is 0 Å². The summed E-state index contributed by atoms with van der Waals surface area (Å²) in [5.74, 6) is 0.0333. The predicted octanol–water partition coefficient (Wildman–Crippen LogP) is 5.06. The Morgan fingerprint density at radius 3 is 2.71 bits per heavy atom. The van der Waals surface area contributed by atoms with Gasteiger partial charge >= 0.3 is 0 Å². The molecule has 0 aliphatic carbocycles. The first-order valence-corrected chi connectivity index (χ1v) is 10.3. The number of halogens is 1. The molecule has 0 radical (unpaired) electrons. The Hall–Kier alpha value is -2.31. The maximum Gasteiger partial charge on any atom is 0.257 e. The number of likely N-dealkylation sites (tertiary alicyclic amines) is 1. The molecule has 0 saturated carbocycles. The Bertz CT molecular complexity index is 1000. The number of hydrogen-bond donors (Lipinski definition) is 1. The molecule has 7 heteroatoms. The second-order valence-electron chi connectivity index (χ2n) is 6.73. The summed E-state index contributed by atoms with van der Waals surface area (Å²) in [6.07, 6.45) is 5.84. The maximum atomic E-state index is 13.1. The molecule has 1 amide bonds. The highest BCUT2D eigenvalue weighted by Crippen LogP contribution is 2.31. The van der Waals surface area contributed by atoms with Crippen LogP contribution in [0.3, 0.4) is 0 Å². The quantitative estimate of drug-likeness (QED) is 0.604. The van der Waals surface area contributed by atoms with Crippen LogP contribution < -0.4 is 5.32 Å². The molecule has 1 N–H and O–H groups in total. The Morgan fingerprint density at radius 2 is 1.96 bits per heavy atom. The molecule has 4 rings (SSSR count). The summed E-state index contributed by atoms with van der Waals surface area (Å²) in [4.78, 5) is 25.2. The number of amides is 1. The smallest absolute Gasteiger partial charge is 0.257 e. The lowest BCUT2D eigenvalue weighted by atomic mass is 10.1. The van der Waals surface area contributed by atoms with Crippen molar-refractivity contribution >= 4 is 52.5 Å². The molecular formula is C21H23ClN4OS. The molecule has 2 aromatic heterocycles. The predicted molar refractivity (Wildman–Crippen MR) is 118 cm³/mol. The number of carbonyl (C=O) groups excluding carboxylic acids is 1. The van der Waals surface area contributed by atoms with E-state index in [0.717, 1.165) is 48.4 Å². The Kier molecular flexibility index (Phi) is 6.42. The van der Waals surface area contributed by atoms with E-state index >= 15 is 0 Å². The van der Waals surface area contributed by atoms with Gasteiger partial charge in [-0.25, -0.2) is 9.97 Å². The highest BCUT2D eigenvalue weighted by molar-refractivity contribution is 7.98. The summed E-state index contributed by atoms with van der Waals surface area (Å²) in [6.45, 7) is 3.56. The van der Waals surface area contributed by atoms with Gasteiger partial charge in [0.05, 0.1) is 11.3 Å². The molecule has 1 saturated heterocycles. The minimum atomic E-state index is 0. The van der Waals surface area contributed by atoms with Crippen LogP contribution in [0.15, 0.2) is 47.5 Å². The molecule has 5 nitrogen and oxygen atoms in total. The van der Waals surface area contributed by atoms with E-state index in [4.69, 9.17) is 0 Å². The lowest BCUT2D eigenvalue weighted by Gasteiger charge is -2.19. The third-order valence-corrected chi connectivity index (χ3v) is 5.56. The summed E-state index contributed by atoms with van der Waals surface area (Å²) in [5.41, 5.74) is 3.89. The van der Waals surface area contributed by atoms with Crippen molar-refractivity contribution in [2.75, 3.05) is 24.7 Å². The molecule has 3 aromatic rings. The molecule has 3 heterocycles. The molecule has 0 atom stereocenters. The van der Waals surface area contributed by atoms with Crippen molar-refractivity contribution in [2.45, 2.75) is 24.7 Å². The first kappa shape index (κ1) is 20.4. The van der Waals surface area contributed by atoms with Crippen LogP contribution in [0.4, 0.5) is 11.4 Å². The highest BCUT2D eigenvalue weighted by atomic mass is 35.5. The first-order chi connectivity index (χ1) is 13.2. The topological polar surface area (TPSA) is 58.1 Å². The Balaban J connectivity index is 0.00000225. The van der Waals surface area contributed by atoms with Gasteiger partial charge in [0.15, 0.2) is 5.65 Å². The molecule has 1 aliphatic rings. The highest BCUT2D eigenvalue weighted by Gasteiger charge is 2.24. The van der Waals surface area contributed by atoms with Crippen molar-refractivity contribution in [3.8, 4) is 0 Å². The van der Waals surface area contributed by atoms with Crippen molar-refractivity contribution in [1.82, 2.24) is 14.9 Å². The van der Waals surface area contributed by atoms with Gasteiger partial charge in [0.2, 0.25) is 0 Å². The average Bonchev–Trinajstić information content (AvgIpc) is 3.22. The van der Waals surface area contributed by atoms with Gasteiger partial charge in [-0.3, -0.25) is 4.79 Å². The van der Waals surface area contributed by atoms with Gasteiger partial charge in [-0.15, -0.1) is 24.2 Å². The molecule has 1 aromatic carbocycles. The minimum absolute atomic E-state index is 0. The standard InChI is InChI=1S/C21H22N4OS.ClH/c1-14-8-9-17-19(24-15-6-5-7-16(12-15)27-2)18(13-22-20(17)23-14)21(26)25-10-3-4-11-25;/h5-9,12-13H,3-4,10-11H2,1-2H3,(H,22,23,24);1H. The molecule has 0 bridgehead atoms. The van der Waals surface area contributed by atoms with Crippen LogP contribution in [0.1, 0.15) is 28.9 Å². The van der Waals surface area contributed by atoms with Crippen molar-refractivity contribution in [3.63, 3.8) is 0 Å². The summed E-state index contributed by atoms with van der Waals surface area (Å²) >= 11 is 1.69. The van der Waals surface area contributed by atoms with Crippen molar-refractivity contribution in [3.05, 3.63) is 53.9 Å². The molecule has 0 spiro atoms. The van der Waals surface area contributed by atoms with Crippen LogP contribution in [-0.2, 0) is 0 Å². The first-order valence-electron chi connectivity index (χ1n) is 9.12. The van der Waals surface area contributed by atoms with Gasteiger partial charge < -0.3 is 10.2 Å². The number of fused-ring (bicyclic) bond motifs is 1. The van der Waals surface area contributed by atoms with E-state index in [2.05, 4.69) is 33.7 Å². The zero-order chi connectivity index (χ0) is 18.8. The van der Waals surface area contributed by atoms with Crippen molar-refractivity contribution < 1.29 is 4.79 Å². The van der Waals surface area contributed by atoms with E-state index in [0.29, 0.717) is 11.2 Å². The average molecular weight is 415 g/mol. The zero-order valence-electron chi connectivity index (χ0n) is 15.9. The van der Waals surface area contributed by atoms with E-state index in [9.17, 15) is 4.79 Å². The number of pyridine rings is 2. The van der Waals surface area contributed by atoms with E-state index in [-0.39, 0.29) is 18.3 Å². The van der Waals surface area contributed by atoms with Gasteiger partial charge in [-0.05, 0) is 56.4 Å². The van der Waals surface area contributed by atoms with Crippen LogP contribution in [0.5, 0.6) is 0 Å². The number of carbonyl (C=O) groups is 1. The Labute approximate surface area is 175 Å². The van der Waals surface area contributed by atoms with Crippen LogP contribution in [0.2, 0.25) is 0 Å². The molecular weight excluding hydrogens is 392 g/mol. The maximum absolute atomic E-state index is 13.1. The number of thioether (sulfide) groups is 1. The fourth-order valence-electron chi connectivity index (χ4n) is 3.40. The van der Waals surface area contributed by atoms with Crippen LogP contribution in [-0.4, -0.2) is 40.1 Å². The van der Waals surface area contributed by atoms with E-state index < -0.39 is 0 Å². The van der Waals surface area contributed by atoms with Crippen LogP contribution >= 0.6 is 24.2 Å². The summed E-state index contributed by atoms with van der Waals surface area (Å²) in [6, 6.07) is 12.1. The Morgan fingerprint density at radius 1 is 1.18 bits per heavy atom.